The predicted molar refractivity (Wildman–Crippen MR) is 88.2 cm³/mol. The van der Waals surface area contributed by atoms with Crippen LogP contribution in [0.2, 0.25) is 0 Å². The van der Waals surface area contributed by atoms with Crippen LogP contribution in [-0.2, 0) is 4.79 Å². The summed E-state index contributed by atoms with van der Waals surface area (Å²) in [5, 5.41) is 4.79. The lowest BCUT2D eigenvalue weighted by atomic mass is 10.2. The molecule has 4 nitrogen and oxygen atoms in total. The first-order valence-electron chi connectivity index (χ1n) is 7.37. The monoisotopic (exact) mass is 314 g/mol. The van der Waals surface area contributed by atoms with Crippen LogP contribution in [0.25, 0.3) is 0 Å². The number of carbonyl (C=O) groups is 2. The van der Waals surface area contributed by atoms with E-state index >= 15 is 0 Å². The average Bonchev–Trinajstić information content (AvgIpc) is 3.20. The quantitative estimate of drug-likeness (QED) is 0.945. The third kappa shape index (κ3) is 3.04. The maximum absolute atomic E-state index is 12.5. The molecule has 1 atom stereocenters. The van der Waals surface area contributed by atoms with Crippen molar-refractivity contribution < 1.29 is 9.59 Å². The number of hydrogen-bond acceptors (Lipinski definition) is 3. The number of thiophene rings is 1. The maximum atomic E-state index is 12.5. The second kappa shape index (κ2) is 6.32. The van der Waals surface area contributed by atoms with Gasteiger partial charge in [-0.1, -0.05) is 23.8 Å². The van der Waals surface area contributed by atoms with Crippen molar-refractivity contribution in [2.75, 3.05) is 11.9 Å². The van der Waals surface area contributed by atoms with E-state index in [4.69, 9.17) is 0 Å². The molecule has 1 aliphatic rings. The van der Waals surface area contributed by atoms with Crippen molar-refractivity contribution in [2.24, 2.45) is 0 Å². The van der Waals surface area contributed by atoms with Gasteiger partial charge in [-0.05, 0) is 43.3 Å². The SMILES string of the molecule is Cc1ccc(NC(=O)[C@H]2CCCN2C(=O)c2cccs2)cc1. The summed E-state index contributed by atoms with van der Waals surface area (Å²) in [6, 6.07) is 11.0. The molecule has 0 bridgehead atoms. The van der Waals surface area contributed by atoms with Crippen molar-refractivity contribution in [1.82, 2.24) is 4.90 Å². The number of amides is 2. The van der Waals surface area contributed by atoms with E-state index in [0.717, 1.165) is 24.1 Å². The van der Waals surface area contributed by atoms with E-state index in [9.17, 15) is 9.59 Å². The molecule has 1 aromatic heterocycles. The molecule has 1 fully saturated rings. The molecule has 2 heterocycles. The van der Waals surface area contributed by atoms with Gasteiger partial charge in [0.15, 0.2) is 0 Å². The summed E-state index contributed by atoms with van der Waals surface area (Å²) in [6.07, 6.45) is 1.58. The van der Waals surface area contributed by atoms with Gasteiger partial charge in [0.25, 0.3) is 5.91 Å². The topological polar surface area (TPSA) is 49.4 Å². The fourth-order valence-electron chi connectivity index (χ4n) is 2.69. The third-order valence-corrected chi connectivity index (χ3v) is 4.73. The zero-order valence-electron chi connectivity index (χ0n) is 12.4. The summed E-state index contributed by atoms with van der Waals surface area (Å²) in [6.45, 7) is 2.65. The van der Waals surface area contributed by atoms with Gasteiger partial charge in [0.05, 0.1) is 4.88 Å². The van der Waals surface area contributed by atoms with Crippen LogP contribution in [0.1, 0.15) is 28.1 Å². The van der Waals surface area contributed by atoms with Crippen LogP contribution >= 0.6 is 11.3 Å². The molecular formula is C17H18N2O2S. The summed E-state index contributed by atoms with van der Waals surface area (Å²) < 4.78 is 0. The first kappa shape index (κ1) is 14.8. The van der Waals surface area contributed by atoms with Crippen LogP contribution in [0, 0.1) is 6.92 Å². The second-order valence-corrected chi connectivity index (χ2v) is 6.44. The van der Waals surface area contributed by atoms with Crippen molar-refractivity contribution in [2.45, 2.75) is 25.8 Å². The van der Waals surface area contributed by atoms with Crippen LogP contribution in [0.5, 0.6) is 0 Å². The Morgan fingerprint density at radius 3 is 2.68 bits per heavy atom. The number of hydrogen-bond donors (Lipinski definition) is 1. The minimum atomic E-state index is -0.379. The van der Waals surface area contributed by atoms with Gasteiger partial charge in [-0.15, -0.1) is 11.3 Å². The predicted octanol–water partition coefficient (Wildman–Crippen LogP) is 3.30. The minimum Gasteiger partial charge on any atom is -0.326 e. The van der Waals surface area contributed by atoms with Gasteiger partial charge in [0.1, 0.15) is 6.04 Å². The molecule has 0 saturated carbocycles. The summed E-state index contributed by atoms with van der Waals surface area (Å²) in [5.74, 6) is -0.150. The van der Waals surface area contributed by atoms with Gasteiger partial charge in [-0.2, -0.15) is 0 Å². The molecule has 0 spiro atoms. The molecule has 0 unspecified atom stereocenters. The number of anilines is 1. The highest BCUT2D eigenvalue weighted by Crippen LogP contribution is 2.23. The zero-order chi connectivity index (χ0) is 15.5. The average molecular weight is 314 g/mol. The van der Waals surface area contributed by atoms with Gasteiger partial charge >= 0.3 is 0 Å². The van der Waals surface area contributed by atoms with Crippen LogP contribution in [0.15, 0.2) is 41.8 Å². The first-order valence-corrected chi connectivity index (χ1v) is 8.25. The highest BCUT2D eigenvalue weighted by molar-refractivity contribution is 7.12. The Kier molecular flexibility index (Phi) is 4.24. The highest BCUT2D eigenvalue weighted by Gasteiger charge is 2.34. The number of rotatable bonds is 3. The van der Waals surface area contributed by atoms with Crippen molar-refractivity contribution in [3.63, 3.8) is 0 Å². The standard InChI is InChI=1S/C17H18N2O2S/c1-12-6-8-13(9-7-12)18-16(20)14-4-2-10-19(14)17(21)15-5-3-11-22-15/h3,5-9,11,14H,2,4,10H2,1H3,(H,18,20)/t14-/m1/s1. The molecule has 5 heteroatoms. The van der Waals surface area contributed by atoms with Crippen LogP contribution in [-0.4, -0.2) is 29.3 Å². The molecule has 1 saturated heterocycles. The minimum absolute atomic E-state index is 0.0449. The van der Waals surface area contributed by atoms with Gasteiger partial charge in [0.2, 0.25) is 5.91 Å². The fraction of sp³-hybridized carbons (Fsp3) is 0.294. The number of likely N-dealkylation sites (tertiary alicyclic amines) is 1. The molecule has 2 amide bonds. The van der Waals surface area contributed by atoms with Crippen LogP contribution in [0.4, 0.5) is 5.69 Å². The van der Waals surface area contributed by atoms with E-state index in [0.29, 0.717) is 11.4 Å². The lowest BCUT2D eigenvalue weighted by Gasteiger charge is -2.23. The van der Waals surface area contributed by atoms with Gasteiger partial charge in [-0.25, -0.2) is 0 Å². The van der Waals surface area contributed by atoms with Gasteiger partial charge in [-0.3, -0.25) is 9.59 Å². The Hall–Kier alpha value is -2.14. The molecule has 1 aromatic carbocycles. The van der Waals surface area contributed by atoms with E-state index in [1.165, 1.54) is 11.3 Å². The molecule has 3 rings (SSSR count). The molecular weight excluding hydrogens is 296 g/mol. The van der Waals surface area contributed by atoms with Crippen molar-refractivity contribution >= 4 is 28.8 Å². The number of benzene rings is 1. The molecule has 22 heavy (non-hydrogen) atoms. The van der Waals surface area contributed by atoms with E-state index in [1.807, 2.05) is 42.6 Å². The molecule has 114 valence electrons. The Morgan fingerprint density at radius 2 is 2.00 bits per heavy atom. The van der Waals surface area contributed by atoms with Crippen molar-refractivity contribution in [1.29, 1.82) is 0 Å². The molecule has 0 aliphatic carbocycles. The lowest BCUT2D eigenvalue weighted by Crippen LogP contribution is -2.42. The van der Waals surface area contributed by atoms with Crippen LogP contribution in [0.3, 0.4) is 0 Å². The maximum Gasteiger partial charge on any atom is 0.264 e. The summed E-state index contributed by atoms with van der Waals surface area (Å²) in [7, 11) is 0. The van der Waals surface area contributed by atoms with Crippen LogP contribution < -0.4 is 5.32 Å². The number of carbonyl (C=O) groups excluding carboxylic acids is 2. The highest BCUT2D eigenvalue weighted by atomic mass is 32.1. The molecule has 2 aromatic rings. The van der Waals surface area contributed by atoms with E-state index in [-0.39, 0.29) is 17.9 Å². The van der Waals surface area contributed by atoms with Crippen molar-refractivity contribution in [3.05, 3.63) is 52.2 Å². The summed E-state index contributed by atoms with van der Waals surface area (Å²) in [4.78, 5) is 27.3. The smallest absolute Gasteiger partial charge is 0.264 e. The van der Waals surface area contributed by atoms with Gasteiger partial charge < -0.3 is 10.2 Å². The first-order chi connectivity index (χ1) is 10.6. The number of nitrogens with zero attached hydrogens (tertiary/aromatic N) is 1. The molecule has 1 N–H and O–H groups in total. The Bertz CT molecular complexity index is 664. The zero-order valence-corrected chi connectivity index (χ0v) is 13.2. The molecule has 1 aliphatic heterocycles. The fourth-order valence-corrected chi connectivity index (χ4v) is 3.37. The van der Waals surface area contributed by atoms with E-state index in [1.54, 1.807) is 11.0 Å². The Morgan fingerprint density at radius 1 is 1.23 bits per heavy atom. The molecule has 0 radical (unpaired) electrons. The third-order valence-electron chi connectivity index (χ3n) is 3.87. The summed E-state index contributed by atoms with van der Waals surface area (Å²) in [5.41, 5.74) is 1.92. The largest absolute Gasteiger partial charge is 0.326 e. The van der Waals surface area contributed by atoms with Crippen molar-refractivity contribution in [3.8, 4) is 0 Å². The number of nitrogens with one attached hydrogen (secondary N) is 1. The summed E-state index contributed by atoms with van der Waals surface area (Å²) >= 11 is 1.41. The van der Waals surface area contributed by atoms with Gasteiger partial charge in [0, 0.05) is 12.2 Å². The second-order valence-electron chi connectivity index (χ2n) is 5.49. The van der Waals surface area contributed by atoms with E-state index in [2.05, 4.69) is 5.32 Å². The Labute approximate surface area is 133 Å². The lowest BCUT2D eigenvalue weighted by molar-refractivity contribution is -0.119. The normalized spacial score (nSPS) is 17.5. The number of aryl methyl sites for hydroxylation is 1. The van der Waals surface area contributed by atoms with E-state index < -0.39 is 0 Å². The Balaban J connectivity index is 1.71.